The highest BCUT2D eigenvalue weighted by molar-refractivity contribution is 5.27. The van der Waals surface area contributed by atoms with E-state index in [1.165, 1.54) is 5.56 Å². The molecule has 0 fully saturated rings. The summed E-state index contributed by atoms with van der Waals surface area (Å²) in [6.07, 6.45) is -2.56. The molecule has 2 aromatic carbocycles. The number of rotatable bonds is 5. The molecule has 0 bridgehead atoms. The molecule has 0 amide bonds. The first kappa shape index (κ1) is 15.6. The molecule has 2 rings (SSSR count). The van der Waals surface area contributed by atoms with Gasteiger partial charge in [-0.1, -0.05) is 42.5 Å². The van der Waals surface area contributed by atoms with Crippen LogP contribution >= 0.6 is 0 Å². The second-order valence-corrected chi connectivity index (χ2v) is 4.99. The van der Waals surface area contributed by atoms with Crippen LogP contribution in [0.5, 0.6) is 0 Å². The molecule has 1 atom stereocenters. The molecule has 0 spiro atoms. The van der Waals surface area contributed by atoms with Crippen molar-refractivity contribution in [2.45, 2.75) is 25.1 Å². The maximum absolute atomic E-state index is 12.6. The molecule has 0 aliphatic rings. The summed E-state index contributed by atoms with van der Waals surface area (Å²) < 4.78 is 37.7. The predicted molar refractivity (Wildman–Crippen MR) is 78.0 cm³/mol. The van der Waals surface area contributed by atoms with Gasteiger partial charge in [0.1, 0.15) is 0 Å². The SMILES string of the molecule is CNC(CCc1ccccc1)c1ccc(C(F)(F)F)cc1. The quantitative estimate of drug-likeness (QED) is 0.849. The topological polar surface area (TPSA) is 12.0 Å². The molecular formula is C17H18F3N. The van der Waals surface area contributed by atoms with Gasteiger partial charge in [0.25, 0.3) is 0 Å². The van der Waals surface area contributed by atoms with E-state index in [1.54, 1.807) is 12.1 Å². The highest BCUT2D eigenvalue weighted by Gasteiger charge is 2.30. The highest BCUT2D eigenvalue weighted by Crippen LogP contribution is 2.30. The standard InChI is InChI=1S/C17H18F3N/c1-21-16(12-7-13-5-3-2-4-6-13)14-8-10-15(11-9-14)17(18,19)20/h2-6,8-11,16,21H,7,12H2,1H3. The van der Waals surface area contributed by atoms with Gasteiger partial charge in [0, 0.05) is 6.04 Å². The smallest absolute Gasteiger partial charge is 0.313 e. The molecule has 4 heteroatoms. The van der Waals surface area contributed by atoms with Crippen LogP contribution in [0, 0.1) is 0 Å². The minimum absolute atomic E-state index is 0.0486. The highest BCUT2D eigenvalue weighted by atomic mass is 19.4. The van der Waals surface area contributed by atoms with Gasteiger partial charge in [0.05, 0.1) is 5.56 Å². The summed E-state index contributed by atoms with van der Waals surface area (Å²) in [6.45, 7) is 0. The summed E-state index contributed by atoms with van der Waals surface area (Å²) in [5.41, 5.74) is 1.50. The van der Waals surface area contributed by atoms with Crippen molar-refractivity contribution in [1.82, 2.24) is 5.32 Å². The van der Waals surface area contributed by atoms with E-state index >= 15 is 0 Å². The van der Waals surface area contributed by atoms with Crippen molar-refractivity contribution < 1.29 is 13.2 Å². The van der Waals surface area contributed by atoms with Gasteiger partial charge in [-0.25, -0.2) is 0 Å². The van der Waals surface area contributed by atoms with Crippen LogP contribution in [-0.4, -0.2) is 7.05 Å². The molecule has 1 unspecified atom stereocenters. The fraction of sp³-hybridized carbons (Fsp3) is 0.294. The second-order valence-electron chi connectivity index (χ2n) is 4.99. The van der Waals surface area contributed by atoms with Gasteiger partial charge in [-0.15, -0.1) is 0 Å². The van der Waals surface area contributed by atoms with Crippen LogP contribution in [0.1, 0.15) is 29.2 Å². The van der Waals surface area contributed by atoms with Crippen LogP contribution in [0.25, 0.3) is 0 Å². The summed E-state index contributed by atoms with van der Waals surface area (Å²) in [5, 5.41) is 3.17. The van der Waals surface area contributed by atoms with Crippen LogP contribution < -0.4 is 5.32 Å². The van der Waals surface area contributed by atoms with Crippen LogP contribution in [-0.2, 0) is 12.6 Å². The zero-order chi connectivity index (χ0) is 15.3. The van der Waals surface area contributed by atoms with Gasteiger partial charge in [-0.3, -0.25) is 0 Å². The molecule has 112 valence electrons. The maximum Gasteiger partial charge on any atom is 0.416 e. The van der Waals surface area contributed by atoms with Crippen molar-refractivity contribution in [3.05, 3.63) is 71.3 Å². The molecule has 1 nitrogen and oxygen atoms in total. The van der Waals surface area contributed by atoms with Gasteiger partial charge in [0.15, 0.2) is 0 Å². The summed E-state index contributed by atoms with van der Waals surface area (Å²) in [7, 11) is 1.83. The third-order valence-corrected chi connectivity index (χ3v) is 3.55. The summed E-state index contributed by atoms with van der Waals surface area (Å²) in [6, 6.07) is 15.5. The molecule has 0 heterocycles. The van der Waals surface area contributed by atoms with Crippen molar-refractivity contribution in [2.24, 2.45) is 0 Å². The van der Waals surface area contributed by atoms with E-state index in [2.05, 4.69) is 17.4 Å². The summed E-state index contributed by atoms with van der Waals surface area (Å²) in [5.74, 6) is 0. The largest absolute Gasteiger partial charge is 0.416 e. The van der Waals surface area contributed by atoms with E-state index in [0.717, 1.165) is 30.5 Å². The van der Waals surface area contributed by atoms with Gasteiger partial charge >= 0.3 is 6.18 Å². The Morgan fingerprint density at radius 2 is 1.57 bits per heavy atom. The zero-order valence-corrected chi connectivity index (χ0v) is 11.8. The Hall–Kier alpha value is -1.81. The fourth-order valence-electron chi connectivity index (χ4n) is 2.34. The number of halogens is 3. The lowest BCUT2D eigenvalue weighted by Crippen LogP contribution is -2.17. The number of nitrogens with one attached hydrogen (secondary N) is 1. The van der Waals surface area contributed by atoms with E-state index in [4.69, 9.17) is 0 Å². The molecule has 0 saturated heterocycles. The third kappa shape index (κ3) is 4.33. The van der Waals surface area contributed by atoms with E-state index in [0.29, 0.717) is 0 Å². The first-order chi connectivity index (χ1) is 10.0. The molecule has 0 saturated carbocycles. The van der Waals surface area contributed by atoms with Crippen LogP contribution in [0.15, 0.2) is 54.6 Å². The Bertz CT molecular complexity index is 546. The zero-order valence-electron chi connectivity index (χ0n) is 11.8. The number of aryl methyl sites for hydroxylation is 1. The Labute approximate surface area is 122 Å². The summed E-state index contributed by atoms with van der Waals surface area (Å²) in [4.78, 5) is 0. The van der Waals surface area contributed by atoms with Crippen LogP contribution in [0.2, 0.25) is 0 Å². The van der Waals surface area contributed by atoms with E-state index < -0.39 is 11.7 Å². The third-order valence-electron chi connectivity index (χ3n) is 3.55. The minimum Gasteiger partial charge on any atom is -0.313 e. The van der Waals surface area contributed by atoms with Crippen LogP contribution in [0.3, 0.4) is 0 Å². The first-order valence-electron chi connectivity index (χ1n) is 6.89. The predicted octanol–water partition coefficient (Wildman–Crippen LogP) is 4.60. The Morgan fingerprint density at radius 1 is 0.952 bits per heavy atom. The van der Waals surface area contributed by atoms with Gasteiger partial charge in [-0.2, -0.15) is 13.2 Å². The number of benzene rings is 2. The average molecular weight is 293 g/mol. The monoisotopic (exact) mass is 293 g/mol. The second kappa shape index (κ2) is 6.76. The Balaban J connectivity index is 2.04. The van der Waals surface area contributed by atoms with Crippen molar-refractivity contribution >= 4 is 0 Å². The van der Waals surface area contributed by atoms with Crippen molar-refractivity contribution in [1.29, 1.82) is 0 Å². The molecule has 2 aromatic rings. The lowest BCUT2D eigenvalue weighted by molar-refractivity contribution is -0.137. The van der Waals surface area contributed by atoms with Crippen LogP contribution in [0.4, 0.5) is 13.2 Å². The fourth-order valence-corrected chi connectivity index (χ4v) is 2.34. The Morgan fingerprint density at radius 3 is 2.10 bits per heavy atom. The number of hydrogen-bond donors (Lipinski definition) is 1. The lowest BCUT2D eigenvalue weighted by atomic mass is 9.98. The van der Waals surface area contributed by atoms with Gasteiger partial charge in [-0.05, 0) is 43.1 Å². The lowest BCUT2D eigenvalue weighted by Gasteiger charge is -2.17. The van der Waals surface area contributed by atoms with E-state index in [1.807, 2.05) is 25.2 Å². The summed E-state index contributed by atoms with van der Waals surface area (Å²) >= 11 is 0. The number of alkyl halides is 3. The van der Waals surface area contributed by atoms with Gasteiger partial charge in [0.2, 0.25) is 0 Å². The average Bonchev–Trinajstić information content (AvgIpc) is 2.48. The molecule has 0 aromatic heterocycles. The van der Waals surface area contributed by atoms with E-state index in [-0.39, 0.29) is 6.04 Å². The molecule has 0 aliphatic heterocycles. The van der Waals surface area contributed by atoms with Crippen molar-refractivity contribution in [3.8, 4) is 0 Å². The first-order valence-corrected chi connectivity index (χ1v) is 6.89. The molecule has 0 radical (unpaired) electrons. The molecule has 1 N–H and O–H groups in total. The maximum atomic E-state index is 12.6. The molecular weight excluding hydrogens is 275 g/mol. The van der Waals surface area contributed by atoms with Gasteiger partial charge < -0.3 is 5.32 Å². The van der Waals surface area contributed by atoms with E-state index in [9.17, 15) is 13.2 Å². The Kier molecular flexibility index (Phi) is 5.02. The van der Waals surface area contributed by atoms with Crippen molar-refractivity contribution in [3.63, 3.8) is 0 Å². The molecule has 21 heavy (non-hydrogen) atoms. The van der Waals surface area contributed by atoms with Crippen molar-refractivity contribution in [2.75, 3.05) is 7.05 Å². The normalized spacial score (nSPS) is 13.1. The molecule has 0 aliphatic carbocycles. The minimum atomic E-state index is -4.28. The number of hydrogen-bond acceptors (Lipinski definition) is 1.